The van der Waals surface area contributed by atoms with E-state index >= 15 is 0 Å². The molecule has 1 aliphatic heterocycles. The molecule has 3 aromatic rings. The molecule has 26 heavy (non-hydrogen) atoms. The fraction of sp³-hybridized carbons (Fsp3) is 0.300. The molecule has 0 amide bonds. The smallest absolute Gasteiger partial charge is 0.350 e. The maximum atomic E-state index is 13.2. The summed E-state index contributed by atoms with van der Waals surface area (Å²) in [6.45, 7) is 2.46. The Morgan fingerprint density at radius 2 is 1.96 bits per heavy atom. The molecule has 0 saturated heterocycles. The summed E-state index contributed by atoms with van der Waals surface area (Å²) in [5, 5.41) is 4.14. The zero-order chi connectivity index (χ0) is 18.1. The average molecular weight is 376 g/mol. The summed E-state index contributed by atoms with van der Waals surface area (Å²) in [6.07, 6.45) is -1.34. The van der Waals surface area contributed by atoms with Crippen molar-refractivity contribution < 1.29 is 13.2 Å². The van der Waals surface area contributed by atoms with Crippen molar-refractivity contribution in [1.29, 1.82) is 0 Å². The molecule has 0 radical (unpaired) electrons. The van der Waals surface area contributed by atoms with Crippen molar-refractivity contribution >= 4 is 11.3 Å². The van der Waals surface area contributed by atoms with Gasteiger partial charge in [0, 0.05) is 31.5 Å². The molecule has 1 unspecified atom stereocenters. The molecular weight excluding hydrogens is 357 g/mol. The maximum Gasteiger partial charge on any atom is 0.416 e. The number of benzene rings is 1. The van der Waals surface area contributed by atoms with Gasteiger partial charge in [0.1, 0.15) is 0 Å². The first-order chi connectivity index (χ1) is 12.5. The van der Waals surface area contributed by atoms with Crippen LogP contribution in [-0.2, 0) is 19.3 Å². The molecule has 0 saturated carbocycles. The number of aryl methyl sites for hydroxylation is 1. The van der Waals surface area contributed by atoms with E-state index in [0.717, 1.165) is 37.8 Å². The molecule has 0 spiro atoms. The molecule has 0 N–H and O–H groups in total. The first-order valence-corrected chi connectivity index (χ1v) is 9.54. The lowest BCUT2D eigenvalue weighted by Gasteiger charge is -2.30. The van der Waals surface area contributed by atoms with E-state index in [9.17, 15) is 13.2 Å². The van der Waals surface area contributed by atoms with Gasteiger partial charge >= 0.3 is 6.18 Å². The minimum atomic E-state index is -4.33. The Kier molecular flexibility index (Phi) is 4.63. The van der Waals surface area contributed by atoms with Gasteiger partial charge in [-0.05, 0) is 58.6 Å². The van der Waals surface area contributed by atoms with Crippen molar-refractivity contribution in [3.63, 3.8) is 0 Å². The molecule has 1 atom stereocenters. The molecule has 0 fully saturated rings. The SMILES string of the molecule is FC(F)(F)c1cccc(C2c3cccn3CCCN2Cc2ccsc2)c1. The van der Waals surface area contributed by atoms with Gasteiger partial charge in [0.05, 0.1) is 11.6 Å². The fourth-order valence-corrected chi connectivity index (χ4v) is 4.35. The Labute approximate surface area is 154 Å². The van der Waals surface area contributed by atoms with E-state index in [0.29, 0.717) is 5.56 Å². The highest BCUT2D eigenvalue weighted by Gasteiger charge is 2.33. The predicted molar refractivity (Wildman–Crippen MR) is 97.1 cm³/mol. The van der Waals surface area contributed by atoms with Gasteiger partial charge in [0.15, 0.2) is 0 Å². The van der Waals surface area contributed by atoms with Crippen LogP contribution in [0.25, 0.3) is 0 Å². The third kappa shape index (κ3) is 3.44. The average Bonchev–Trinajstić information content (AvgIpc) is 3.24. The van der Waals surface area contributed by atoms with Gasteiger partial charge in [-0.15, -0.1) is 0 Å². The molecule has 0 bridgehead atoms. The Morgan fingerprint density at radius 1 is 1.08 bits per heavy atom. The van der Waals surface area contributed by atoms with Crippen LogP contribution < -0.4 is 0 Å². The Bertz CT molecular complexity index is 867. The first-order valence-electron chi connectivity index (χ1n) is 8.60. The molecular formula is C20H19F3N2S. The standard InChI is InChI=1S/C20H19F3N2S/c21-20(22,23)17-5-1-4-16(12-17)19-18-6-2-8-24(18)9-3-10-25(19)13-15-7-11-26-14-15/h1-2,4-8,11-12,14,19H,3,9-10,13H2. The number of thiophene rings is 1. The van der Waals surface area contributed by atoms with E-state index in [1.807, 2.05) is 29.8 Å². The Hall–Kier alpha value is -2.05. The lowest BCUT2D eigenvalue weighted by atomic mass is 9.99. The molecule has 6 heteroatoms. The van der Waals surface area contributed by atoms with Crippen LogP contribution in [0.15, 0.2) is 59.4 Å². The predicted octanol–water partition coefficient (Wildman–Crippen LogP) is 5.56. The fourth-order valence-electron chi connectivity index (χ4n) is 3.69. The van der Waals surface area contributed by atoms with Crippen molar-refractivity contribution in [2.75, 3.05) is 6.54 Å². The van der Waals surface area contributed by atoms with E-state index < -0.39 is 11.7 Å². The number of fused-ring (bicyclic) bond motifs is 1. The third-order valence-corrected chi connectivity index (χ3v) is 5.58. The second-order valence-corrected chi connectivity index (χ2v) is 7.39. The number of aromatic nitrogens is 1. The summed E-state index contributed by atoms with van der Waals surface area (Å²) in [5.74, 6) is 0. The quantitative estimate of drug-likeness (QED) is 0.581. The van der Waals surface area contributed by atoms with Crippen molar-refractivity contribution in [1.82, 2.24) is 9.47 Å². The first kappa shape index (κ1) is 17.4. The summed E-state index contributed by atoms with van der Waals surface area (Å²) in [6, 6.07) is 11.7. The molecule has 2 aromatic heterocycles. The van der Waals surface area contributed by atoms with Gasteiger partial charge in [0.2, 0.25) is 0 Å². The van der Waals surface area contributed by atoms with Gasteiger partial charge in [-0.1, -0.05) is 12.1 Å². The third-order valence-electron chi connectivity index (χ3n) is 4.85. The minimum Gasteiger partial charge on any atom is -0.350 e. The molecule has 2 nitrogen and oxygen atoms in total. The van der Waals surface area contributed by atoms with Crippen molar-refractivity contribution in [2.24, 2.45) is 0 Å². The highest BCUT2D eigenvalue weighted by atomic mass is 32.1. The lowest BCUT2D eigenvalue weighted by Crippen LogP contribution is -2.29. The maximum absolute atomic E-state index is 13.2. The molecule has 1 aromatic carbocycles. The summed E-state index contributed by atoms with van der Waals surface area (Å²) in [4.78, 5) is 2.29. The van der Waals surface area contributed by atoms with Gasteiger partial charge in [-0.25, -0.2) is 0 Å². The lowest BCUT2D eigenvalue weighted by molar-refractivity contribution is -0.137. The molecule has 136 valence electrons. The van der Waals surface area contributed by atoms with Crippen LogP contribution in [0.2, 0.25) is 0 Å². The second-order valence-electron chi connectivity index (χ2n) is 6.61. The van der Waals surface area contributed by atoms with Crippen molar-refractivity contribution in [3.8, 4) is 0 Å². The van der Waals surface area contributed by atoms with Gasteiger partial charge < -0.3 is 4.57 Å². The van der Waals surface area contributed by atoms with Crippen LogP contribution in [0.3, 0.4) is 0 Å². The summed E-state index contributed by atoms with van der Waals surface area (Å²) >= 11 is 1.64. The van der Waals surface area contributed by atoms with Crippen LogP contribution in [-0.4, -0.2) is 16.0 Å². The number of hydrogen-bond acceptors (Lipinski definition) is 2. The molecule has 1 aliphatic rings. The largest absolute Gasteiger partial charge is 0.416 e. The van der Waals surface area contributed by atoms with Crippen LogP contribution in [0.5, 0.6) is 0 Å². The topological polar surface area (TPSA) is 8.17 Å². The van der Waals surface area contributed by atoms with E-state index in [1.54, 1.807) is 11.3 Å². The minimum absolute atomic E-state index is 0.185. The number of alkyl halides is 3. The number of hydrogen-bond donors (Lipinski definition) is 0. The highest BCUT2D eigenvalue weighted by molar-refractivity contribution is 7.07. The zero-order valence-corrected chi connectivity index (χ0v) is 14.9. The summed E-state index contributed by atoms with van der Waals surface area (Å²) < 4.78 is 41.9. The second kappa shape index (κ2) is 6.93. The van der Waals surface area contributed by atoms with E-state index in [-0.39, 0.29) is 6.04 Å². The number of rotatable bonds is 3. The Balaban J connectivity index is 1.78. The summed E-state index contributed by atoms with van der Waals surface area (Å²) in [7, 11) is 0. The van der Waals surface area contributed by atoms with Crippen LogP contribution in [0, 0.1) is 0 Å². The van der Waals surface area contributed by atoms with Gasteiger partial charge in [0.25, 0.3) is 0 Å². The normalized spacial score (nSPS) is 18.5. The molecule has 4 rings (SSSR count). The monoisotopic (exact) mass is 376 g/mol. The van der Waals surface area contributed by atoms with Crippen molar-refractivity contribution in [3.05, 3.63) is 81.8 Å². The highest BCUT2D eigenvalue weighted by Crippen LogP contribution is 2.36. The van der Waals surface area contributed by atoms with E-state index in [1.165, 1.54) is 17.7 Å². The van der Waals surface area contributed by atoms with E-state index in [2.05, 4.69) is 20.9 Å². The van der Waals surface area contributed by atoms with Gasteiger partial charge in [-0.3, -0.25) is 4.90 Å². The van der Waals surface area contributed by atoms with Crippen LogP contribution in [0.4, 0.5) is 13.2 Å². The van der Waals surface area contributed by atoms with E-state index in [4.69, 9.17) is 0 Å². The molecule has 0 aliphatic carbocycles. The Morgan fingerprint density at radius 3 is 2.73 bits per heavy atom. The van der Waals surface area contributed by atoms with Crippen LogP contribution >= 0.6 is 11.3 Å². The van der Waals surface area contributed by atoms with Gasteiger partial charge in [-0.2, -0.15) is 24.5 Å². The number of halogens is 3. The number of nitrogens with zero attached hydrogens (tertiary/aromatic N) is 2. The van der Waals surface area contributed by atoms with Crippen molar-refractivity contribution in [2.45, 2.75) is 31.7 Å². The molecule has 3 heterocycles. The zero-order valence-electron chi connectivity index (χ0n) is 14.1. The summed E-state index contributed by atoms with van der Waals surface area (Å²) in [5.41, 5.74) is 2.36. The van der Waals surface area contributed by atoms with Crippen LogP contribution in [0.1, 0.15) is 34.8 Å².